The summed E-state index contributed by atoms with van der Waals surface area (Å²) in [6, 6.07) is 0.792. The van der Waals surface area contributed by atoms with Crippen molar-refractivity contribution in [1.82, 2.24) is 0 Å². The number of nitrogens with zero attached hydrogens (tertiary/aromatic N) is 1. The molecule has 3 N–H and O–H groups in total. The number of Topliss-reactive ketones (excluding diaryl/α,β-unsaturated/α-hetero) is 1. The minimum atomic E-state index is -0.175. The van der Waals surface area contributed by atoms with Crippen molar-refractivity contribution in [3.8, 4) is 0 Å². The maximum Gasteiger partial charge on any atom is 0.171 e. The average molecular weight is 312 g/mol. The van der Waals surface area contributed by atoms with E-state index >= 15 is 0 Å². The molecule has 2 aliphatic heterocycles. The van der Waals surface area contributed by atoms with E-state index < -0.39 is 0 Å². The Labute approximate surface area is 127 Å². The number of rotatable bonds is 3. The maximum absolute atomic E-state index is 11.7. The molecule has 0 aliphatic carbocycles. The molecule has 3 heterocycles. The molecule has 0 radical (unpaired) electrons. The van der Waals surface area contributed by atoms with Crippen LogP contribution in [-0.2, 0) is 0 Å². The number of nitrogens with two attached hydrogens (primary N) is 1. The Morgan fingerprint density at radius 3 is 2.50 bits per heavy atom. The highest BCUT2D eigenvalue weighted by molar-refractivity contribution is 7.99. The van der Waals surface area contributed by atoms with E-state index in [1.807, 2.05) is 6.26 Å². The van der Waals surface area contributed by atoms with Gasteiger partial charge in [-0.15, -0.1) is 23.1 Å². The fourth-order valence-corrected chi connectivity index (χ4v) is 5.72. The van der Waals surface area contributed by atoms with Gasteiger partial charge in [0.15, 0.2) is 5.78 Å². The van der Waals surface area contributed by atoms with E-state index in [0.29, 0.717) is 22.6 Å². The molecule has 1 aromatic heterocycles. The molecule has 2 saturated heterocycles. The highest BCUT2D eigenvalue weighted by Gasteiger charge is 2.42. The number of fused-ring (bicyclic) bond motifs is 2. The highest BCUT2D eigenvalue weighted by atomic mass is 32.2. The van der Waals surface area contributed by atoms with Crippen LogP contribution in [0.5, 0.6) is 0 Å². The smallest absolute Gasteiger partial charge is 0.171 e. The second kappa shape index (κ2) is 5.24. The molecule has 0 aromatic carbocycles. The normalized spacial score (nSPS) is 28.9. The van der Waals surface area contributed by atoms with Crippen LogP contribution in [0, 0.1) is 0 Å². The summed E-state index contributed by atoms with van der Waals surface area (Å²) < 4.78 is 0. The van der Waals surface area contributed by atoms with E-state index in [-0.39, 0.29) is 11.9 Å². The van der Waals surface area contributed by atoms with Crippen LogP contribution >= 0.6 is 23.1 Å². The zero-order valence-electron chi connectivity index (χ0n) is 11.8. The van der Waals surface area contributed by atoms with E-state index in [4.69, 9.17) is 5.73 Å². The molecule has 2 aliphatic rings. The summed E-state index contributed by atoms with van der Waals surface area (Å²) in [5.41, 5.74) is 6.79. The van der Waals surface area contributed by atoms with Gasteiger partial charge in [-0.05, 0) is 31.9 Å². The number of thiophene rings is 1. The summed E-state index contributed by atoms with van der Waals surface area (Å²) in [4.78, 5) is 15.9. The van der Waals surface area contributed by atoms with Crippen molar-refractivity contribution < 1.29 is 9.90 Å². The van der Waals surface area contributed by atoms with Crippen LogP contribution in [-0.4, -0.2) is 35.3 Å². The maximum atomic E-state index is 11.7. The Balaban J connectivity index is 2.02. The van der Waals surface area contributed by atoms with Crippen molar-refractivity contribution in [3.05, 3.63) is 4.88 Å². The van der Waals surface area contributed by atoms with Crippen LogP contribution in [0.2, 0.25) is 0 Å². The van der Waals surface area contributed by atoms with Gasteiger partial charge in [-0.1, -0.05) is 0 Å². The summed E-state index contributed by atoms with van der Waals surface area (Å²) in [5, 5.41) is 11.1. The van der Waals surface area contributed by atoms with Crippen molar-refractivity contribution in [2.45, 2.75) is 55.7 Å². The van der Waals surface area contributed by atoms with E-state index in [1.165, 1.54) is 11.3 Å². The SMILES string of the molecule is CSc1c(N2C3CCC2CC(O)C3)sc(C(C)=O)c1N. The number of aliphatic hydroxyl groups excluding tert-OH is 1. The third kappa shape index (κ3) is 2.14. The zero-order valence-corrected chi connectivity index (χ0v) is 13.4. The van der Waals surface area contributed by atoms with Gasteiger partial charge in [-0.2, -0.15) is 0 Å². The standard InChI is InChI=1S/C14H20N2O2S2/c1-7(17)12-11(15)13(19-2)14(20-12)16-8-3-4-9(16)6-10(18)5-8/h8-10,18H,3-6,15H2,1-2H3. The van der Waals surface area contributed by atoms with Gasteiger partial charge in [0.2, 0.25) is 0 Å². The lowest BCUT2D eigenvalue weighted by Crippen LogP contribution is -2.44. The highest BCUT2D eigenvalue weighted by Crippen LogP contribution is 2.49. The van der Waals surface area contributed by atoms with Gasteiger partial charge in [-0.3, -0.25) is 4.79 Å². The minimum absolute atomic E-state index is 0.0402. The quantitative estimate of drug-likeness (QED) is 0.663. The van der Waals surface area contributed by atoms with Crippen LogP contribution in [0.15, 0.2) is 4.90 Å². The predicted molar refractivity (Wildman–Crippen MR) is 85.0 cm³/mol. The number of hydrogen-bond acceptors (Lipinski definition) is 6. The number of anilines is 2. The van der Waals surface area contributed by atoms with Crippen molar-refractivity contribution in [2.75, 3.05) is 16.9 Å². The molecule has 2 fully saturated rings. The van der Waals surface area contributed by atoms with Gasteiger partial charge in [0.05, 0.1) is 21.6 Å². The molecule has 3 rings (SSSR count). The number of thioether (sulfide) groups is 1. The lowest BCUT2D eigenvalue weighted by atomic mass is 10.0. The first kappa shape index (κ1) is 14.2. The van der Waals surface area contributed by atoms with E-state index in [0.717, 1.165) is 35.6 Å². The zero-order chi connectivity index (χ0) is 14.4. The second-order valence-electron chi connectivity index (χ2n) is 5.66. The number of piperidine rings is 1. The number of nitrogen functional groups attached to an aromatic ring is 1. The Kier molecular flexibility index (Phi) is 3.73. The molecule has 2 unspecified atom stereocenters. The van der Waals surface area contributed by atoms with Crippen molar-refractivity contribution in [2.24, 2.45) is 0 Å². The van der Waals surface area contributed by atoms with Gasteiger partial charge < -0.3 is 15.7 Å². The van der Waals surface area contributed by atoms with Crippen molar-refractivity contribution >= 4 is 39.6 Å². The van der Waals surface area contributed by atoms with Gasteiger partial charge in [-0.25, -0.2) is 0 Å². The molecule has 20 heavy (non-hydrogen) atoms. The number of ketones is 1. The Morgan fingerprint density at radius 1 is 1.40 bits per heavy atom. The summed E-state index contributed by atoms with van der Waals surface area (Å²) in [7, 11) is 0. The molecule has 6 heteroatoms. The molecule has 2 bridgehead atoms. The Bertz CT molecular complexity index is 530. The predicted octanol–water partition coefficient (Wildman–Crippen LogP) is 2.75. The summed E-state index contributed by atoms with van der Waals surface area (Å²) >= 11 is 3.14. The lowest BCUT2D eigenvalue weighted by Gasteiger charge is -2.38. The molecule has 0 saturated carbocycles. The van der Waals surface area contributed by atoms with Gasteiger partial charge >= 0.3 is 0 Å². The lowest BCUT2D eigenvalue weighted by molar-refractivity contribution is 0.102. The third-order valence-electron chi connectivity index (χ3n) is 4.35. The topological polar surface area (TPSA) is 66.6 Å². The summed E-state index contributed by atoms with van der Waals surface area (Å²) in [6.45, 7) is 1.57. The molecular formula is C14H20N2O2S2. The molecule has 4 nitrogen and oxygen atoms in total. The average Bonchev–Trinajstić information content (AvgIpc) is 2.84. The molecule has 110 valence electrons. The third-order valence-corrected chi connectivity index (χ3v) is 6.62. The number of hydrogen-bond donors (Lipinski definition) is 2. The van der Waals surface area contributed by atoms with Crippen LogP contribution in [0.4, 0.5) is 10.7 Å². The fraction of sp³-hybridized carbons (Fsp3) is 0.643. The van der Waals surface area contributed by atoms with Gasteiger partial charge in [0.25, 0.3) is 0 Å². The van der Waals surface area contributed by atoms with Crippen molar-refractivity contribution in [3.63, 3.8) is 0 Å². The first-order valence-electron chi connectivity index (χ1n) is 6.96. The molecular weight excluding hydrogens is 292 g/mol. The number of carbonyl (C=O) groups excluding carboxylic acids is 1. The first-order valence-corrected chi connectivity index (χ1v) is 9.00. The van der Waals surface area contributed by atoms with Crippen LogP contribution < -0.4 is 10.6 Å². The van der Waals surface area contributed by atoms with E-state index in [2.05, 4.69) is 4.90 Å². The minimum Gasteiger partial charge on any atom is -0.396 e. The fourth-order valence-electron chi connectivity index (χ4n) is 3.52. The van der Waals surface area contributed by atoms with E-state index in [9.17, 15) is 9.90 Å². The van der Waals surface area contributed by atoms with Crippen LogP contribution in [0.1, 0.15) is 42.3 Å². The van der Waals surface area contributed by atoms with Gasteiger partial charge in [0.1, 0.15) is 5.00 Å². The Hall–Kier alpha value is -0.720. The van der Waals surface area contributed by atoms with Gasteiger partial charge in [0, 0.05) is 19.0 Å². The van der Waals surface area contributed by atoms with Crippen LogP contribution in [0.3, 0.4) is 0 Å². The van der Waals surface area contributed by atoms with Crippen LogP contribution in [0.25, 0.3) is 0 Å². The molecule has 1 aromatic rings. The summed E-state index contributed by atoms with van der Waals surface area (Å²) in [6.07, 6.45) is 5.75. The molecule has 2 atom stereocenters. The second-order valence-corrected chi connectivity index (χ2v) is 7.47. The summed E-state index contributed by atoms with van der Waals surface area (Å²) in [5.74, 6) is 0.0402. The van der Waals surface area contributed by atoms with E-state index in [1.54, 1.807) is 18.7 Å². The molecule has 0 spiro atoms. The number of aliphatic hydroxyl groups is 1. The number of carbonyl (C=O) groups is 1. The van der Waals surface area contributed by atoms with Crippen molar-refractivity contribution in [1.29, 1.82) is 0 Å². The first-order chi connectivity index (χ1) is 9.52. The monoisotopic (exact) mass is 312 g/mol. The molecule has 0 amide bonds. The Morgan fingerprint density at radius 2 is 2.00 bits per heavy atom. The largest absolute Gasteiger partial charge is 0.396 e.